The number of para-hydroxylation sites is 1. The van der Waals surface area contributed by atoms with Gasteiger partial charge in [-0.15, -0.1) is 0 Å². The second kappa shape index (κ2) is 7.95. The fourth-order valence-electron chi connectivity index (χ4n) is 2.47. The highest BCUT2D eigenvalue weighted by atomic mass is 19.1. The Labute approximate surface area is 150 Å². The Morgan fingerprint density at radius 3 is 2.27 bits per heavy atom. The van der Waals surface area contributed by atoms with E-state index in [-0.39, 0.29) is 18.1 Å². The second-order valence-electron chi connectivity index (χ2n) is 5.71. The number of carbonyl (C=O) groups is 1. The minimum Gasteiger partial charge on any atom is -0.354 e. The first-order valence-electron chi connectivity index (χ1n) is 8.04. The molecule has 0 saturated carbocycles. The lowest BCUT2D eigenvalue weighted by molar-refractivity contribution is -0.115. The molecule has 2 N–H and O–H groups in total. The van der Waals surface area contributed by atoms with E-state index < -0.39 is 0 Å². The monoisotopic (exact) mass is 345 g/mol. The number of hydrogen-bond donors (Lipinski definition) is 2. The molecule has 0 unspecified atom stereocenters. The molecule has 0 aromatic heterocycles. The van der Waals surface area contributed by atoms with Crippen LogP contribution in [0.2, 0.25) is 0 Å². The first kappa shape index (κ1) is 17.2. The molecule has 3 aromatic rings. The minimum absolute atomic E-state index is 0.174. The number of nitrogens with one attached hydrogen (secondary N) is 2. The van der Waals surface area contributed by atoms with Gasteiger partial charge < -0.3 is 10.6 Å². The summed E-state index contributed by atoms with van der Waals surface area (Å²) in [5, 5.41) is 15.1. The van der Waals surface area contributed by atoms with Gasteiger partial charge in [0.2, 0.25) is 5.91 Å². The van der Waals surface area contributed by atoms with Crippen LogP contribution in [0.4, 0.5) is 21.5 Å². The Morgan fingerprint density at radius 1 is 0.923 bits per heavy atom. The van der Waals surface area contributed by atoms with E-state index in [0.29, 0.717) is 11.3 Å². The fraction of sp³-hybridized carbons (Fsp3) is 0.0476. The van der Waals surface area contributed by atoms with Crippen LogP contribution in [-0.4, -0.2) is 5.91 Å². The lowest BCUT2D eigenvalue weighted by atomic mass is 10.1. The minimum atomic E-state index is -0.324. The average molecular weight is 345 g/mol. The van der Waals surface area contributed by atoms with Gasteiger partial charge in [0.05, 0.1) is 17.7 Å². The first-order chi connectivity index (χ1) is 12.6. The smallest absolute Gasteiger partial charge is 0.228 e. The van der Waals surface area contributed by atoms with E-state index in [4.69, 9.17) is 5.26 Å². The van der Waals surface area contributed by atoms with Crippen molar-refractivity contribution in [1.82, 2.24) is 0 Å². The number of nitriles is 1. The average Bonchev–Trinajstić information content (AvgIpc) is 2.65. The number of halogens is 1. The summed E-state index contributed by atoms with van der Waals surface area (Å²) in [7, 11) is 0. The molecule has 128 valence electrons. The molecule has 3 rings (SSSR count). The molecule has 0 saturated heterocycles. The van der Waals surface area contributed by atoms with E-state index in [1.165, 1.54) is 12.1 Å². The molecular formula is C21H16FN3O. The Kier molecular flexibility index (Phi) is 5.25. The summed E-state index contributed by atoms with van der Waals surface area (Å²) in [5.74, 6) is -0.498. The maximum absolute atomic E-state index is 12.9. The Bertz CT molecular complexity index is 944. The summed E-state index contributed by atoms with van der Waals surface area (Å²) in [6, 6.07) is 22.4. The van der Waals surface area contributed by atoms with Gasteiger partial charge in [-0.25, -0.2) is 4.39 Å². The van der Waals surface area contributed by atoms with Gasteiger partial charge >= 0.3 is 0 Å². The van der Waals surface area contributed by atoms with Crippen LogP contribution in [0, 0.1) is 17.1 Å². The van der Waals surface area contributed by atoms with Crippen molar-refractivity contribution in [3.05, 3.63) is 89.7 Å². The number of anilines is 3. The molecule has 5 heteroatoms. The molecule has 0 atom stereocenters. The van der Waals surface area contributed by atoms with Crippen molar-refractivity contribution in [3.8, 4) is 6.07 Å². The number of rotatable bonds is 5. The third-order valence-corrected chi connectivity index (χ3v) is 3.77. The Hall–Kier alpha value is -3.65. The summed E-state index contributed by atoms with van der Waals surface area (Å²) in [4.78, 5) is 12.1. The summed E-state index contributed by atoms with van der Waals surface area (Å²) in [6.07, 6.45) is 0.176. The molecule has 0 radical (unpaired) electrons. The van der Waals surface area contributed by atoms with Crippen molar-refractivity contribution in [2.75, 3.05) is 10.6 Å². The maximum Gasteiger partial charge on any atom is 0.228 e. The van der Waals surface area contributed by atoms with Crippen molar-refractivity contribution in [3.63, 3.8) is 0 Å². The normalized spacial score (nSPS) is 10.0. The van der Waals surface area contributed by atoms with Crippen molar-refractivity contribution >= 4 is 23.0 Å². The highest BCUT2D eigenvalue weighted by Gasteiger charge is 2.05. The van der Waals surface area contributed by atoms with Crippen LogP contribution in [0.1, 0.15) is 11.1 Å². The van der Waals surface area contributed by atoms with Crippen LogP contribution in [0.3, 0.4) is 0 Å². The summed E-state index contributed by atoms with van der Waals surface area (Å²) < 4.78 is 12.9. The maximum atomic E-state index is 12.9. The predicted molar refractivity (Wildman–Crippen MR) is 99.6 cm³/mol. The quantitative estimate of drug-likeness (QED) is 0.709. The first-order valence-corrected chi connectivity index (χ1v) is 8.04. The molecule has 1 amide bonds. The predicted octanol–water partition coefficient (Wildman–Crippen LogP) is 4.62. The van der Waals surface area contributed by atoms with Crippen LogP contribution < -0.4 is 10.6 Å². The zero-order valence-electron chi connectivity index (χ0n) is 13.9. The van der Waals surface area contributed by atoms with Crippen molar-refractivity contribution < 1.29 is 9.18 Å². The van der Waals surface area contributed by atoms with Gasteiger partial charge in [0.25, 0.3) is 0 Å². The zero-order valence-corrected chi connectivity index (χ0v) is 13.9. The van der Waals surface area contributed by atoms with E-state index in [9.17, 15) is 9.18 Å². The number of carbonyl (C=O) groups excluding carboxylic acids is 1. The lowest BCUT2D eigenvalue weighted by Crippen LogP contribution is -2.14. The standard InChI is InChI=1S/C21H16FN3O/c22-17-7-5-15(6-8-17)13-21(26)25-19-11-9-18(10-12-19)24-20-4-2-1-3-16(20)14-23/h1-12,24H,13H2,(H,25,26). The lowest BCUT2D eigenvalue weighted by Gasteiger charge is -2.10. The van der Waals surface area contributed by atoms with E-state index in [1.807, 2.05) is 30.3 Å². The van der Waals surface area contributed by atoms with Crippen LogP contribution in [0.25, 0.3) is 0 Å². The van der Waals surface area contributed by atoms with Crippen LogP contribution in [0.5, 0.6) is 0 Å². The third-order valence-electron chi connectivity index (χ3n) is 3.77. The van der Waals surface area contributed by atoms with Gasteiger partial charge in [0.15, 0.2) is 0 Å². The molecular weight excluding hydrogens is 329 g/mol. The summed E-state index contributed by atoms with van der Waals surface area (Å²) >= 11 is 0. The molecule has 0 aliphatic carbocycles. The van der Waals surface area contributed by atoms with Gasteiger partial charge in [0, 0.05) is 11.4 Å². The van der Waals surface area contributed by atoms with Crippen LogP contribution >= 0.6 is 0 Å². The molecule has 0 aliphatic rings. The zero-order chi connectivity index (χ0) is 18.4. The molecule has 0 bridgehead atoms. The highest BCUT2D eigenvalue weighted by molar-refractivity contribution is 5.92. The van der Waals surface area contributed by atoms with Gasteiger partial charge in [0.1, 0.15) is 11.9 Å². The SMILES string of the molecule is N#Cc1ccccc1Nc1ccc(NC(=O)Cc2ccc(F)cc2)cc1. The van der Waals surface area contributed by atoms with Crippen molar-refractivity contribution in [2.24, 2.45) is 0 Å². The van der Waals surface area contributed by atoms with Crippen molar-refractivity contribution in [1.29, 1.82) is 5.26 Å². The molecule has 0 aliphatic heterocycles. The van der Waals surface area contributed by atoms with Crippen LogP contribution in [0.15, 0.2) is 72.8 Å². The number of benzene rings is 3. The second-order valence-corrected chi connectivity index (χ2v) is 5.71. The van der Waals surface area contributed by atoms with E-state index in [2.05, 4.69) is 16.7 Å². The summed E-state index contributed by atoms with van der Waals surface area (Å²) in [5.41, 5.74) is 3.50. The molecule has 0 fully saturated rings. The fourth-order valence-corrected chi connectivity index (χ4v) is 2.47. The molecule has 26 heavy (non-hydrogen) atoms. The Balaban J connectivity index is 1.61. The number of nitrogens with zero attached hydrogens (tertiary/aromatic N) is 1. The van der Waals surface area contributed by atoms with E-state index in [0.717, 1.165) is 16.9 Å². The Morgan fingerprint density at radius 2 is 1.58 bits per heavy atom. The van der Waals surface area contributed by atoms with Gasteiger partial charge in [-0.3, -0.25) is 4.79 Å². The molecule has 4 nitrogen and oxygen atoms in total. The molecule has 0 spiro atoms. The largest absolute Gasteiger partial charge is 0.354 e. The van der Waals surface area contributed by atoms with Gasteiger partial charge in [-0.1, -0.05) is 24.3 Å². The van der Waals surface area contributed by atoms with Gasteiger partial charge in [-0.2, -0.15) is 5.26 Å². The molecule has 3 aromatic carbocycles. The molecule has 0 heterocycles. The van der Waals surface area contributed by atoms with Gasteiger partial charge in [-0.05, 0) is 54.1 Å². The van der Waals surface area contributed by atoms with Crippen LogP contribution in [-0.2, 0) is 11.2 Å². The van der Waals surface area contributed by atoms with E-state index in [1.54, 1.807) is 30.3 Å². The number of amides is 1. The number of hydrogen-bond acceptors (Lipinski definition) is 3. The highest BCUT2D eigenvalue weighted by Crippen LogP contribution is 2.21. The van der Waals surface area contributed by atoms with Crippen molar-refractivity contribution in [2.45, 2.75) is 6.42 Å². The summed E-state index contributed by atoms with van der Waals surface area (Å²) in [6.45, 7) is 0. The third kappa shape index (κ3) is 4.46. The van der Waals surface area contributed by atoms with E-state index >= 15 is 0 Å². The topological polar surface area (TPSA) is 64.9 Å².